The normalized spacial score (nSPS) is 16.2. The van der Waals surface area contributed by atoms with Crippen LogP contribution in [0.15, 0.2) is 42.1 Å². The number of benzene rings is 1. The third kappa shape index (κ3) is 5.94. The van der Waals surface area contributed by atoms with E-state index in [1.807, 2.05) is 44.2 Å². The first-order valence-electron chi connectivity index (χ1n) is 9.33. The number of amides is 1. The smallest absolute Gasteiger partial charge is 0.266 e. The quantitative estimate of drug-likeness (QED) is 0.481. The van der Waals surface area contributed by atoms with E-state index in [1.165, 1.54) is 25.7 Å². The molecule has 1 amide bonds. The predicted octanol–water partition coefficient (Wildman–Crippen LogP) is 4.14. The Balaban J connectivity index is 2.06. The van der Waals surface area contributed by atoms with E-state index < -0.39 is 0 Å². The summed E-state index contributed by atoms with van der Waals surface area (Å²) in [4.78, 5) is 14.6. The molecule has 0 bridgehead atoms. The lowest BCUT2D eigenvalue weighted by molar-refractivity contribution is -0.129. The molecule has 25 heavy (non-hydrogen) atoms. The maximum Gasteiger partial charge on any atom is 0.266 e. The second kappa shape index (κ2) is 9.88. The van der Waals surface area contributed by atoms with Crippen LogP contribution in [0.5, 0.6) is 0 Å². The van der Waals surface area contributed by atoms with Crippen LogP contribution >= 0.6 is 0 Å². The summed E-state index contributed by atoms with van der Waals surface area (Å²) in [5.41, 5.74) is 1.26. The Bertz CT molecular complexity index is 608. The lowest BCUT2D eigenvalue weighted by Gasteiger charge is -2.27. The molecular weight excluding hydrogens is 310 g/mol. The van der Waals surface area contributed by atoms with Crippen LogP contribution < -0.4 is 5.32 Å². The summed E-state index contributed by atoms with van der Waals surface area (Å²) < 4.78 is 0. The van der Waals surface area contributed by atoms with E-state index in [9.17, 15) is 10.1 Å². The van der Waals surface area contributed by atoms with Crippen LogP contribution in [0.3, 0.4) is 0 Å². The van der Waals surface area contributed by atoms with Gasteiger partial charge >= 0.3 is 0 Å². The summed E-state index contributed by atoms with van der Waals surface area (Å²) in [5.74, 6) is -0.206. The average molecular weight is 339 g/mol. The molecule has 1 aromatic rings. The van der Waals surface area contributed by atoms with E-state index in [2.05, 4.69) is 11.4 Å². The summed E-state index contributed by atoms with van der Waals surface area (Å²) >= 11 is 0. The summed E-state index contributed by atoms with van der Waals surface area (Å²) in [6, 6.07) is 12.4. The number of carbonyl (C=O) groups is 1. The molecule has 1 aliphatic rings. The van der Waals surface area contributed by atoms with Gasteiger partial charge < -0.3 is 10.2 Å². The van der Waals surface area contributed by atoms with Crippen LogP contribution in [0, 0.1) is 11.3 Å². The molecule has 1 aromatic carbocycles. The standard InChI is InChI=1S/C21H29N3O/c1-17(2)24(16-18-10-6-5-7-11-18)21(25)19(14-22)15-23-20-12-8-3-4-9-13-20/h5-7,10-11,15,17,20,23H,3-4,8-9,12-13,16H2,1-2H3/b19-15-. The molecule has 2 rings (SSSR count). The van der Waals surface area contributed by atoms with Gasteiger partial charge in [0, 0.05) is 24.8 Å². The van der Waals surface area contributed by atoms with Gasteiger partial charge in [0.05, 0.1) is 0 Å². The van der Waals surface area contributed by atoms with E-state index in [4.69, 9.17) is 0 Å². The van der Waals surface area contributed by atoms with Crippen molar-refractivity contribution >= 4 is 5.91 Å². The zero-order valence-corrected chi connectivity index (χ0v) is 15.4. The monoisotopic (exact) mass is 339 g/mol. The Morgan fingerprint density at radius 1 is 1.24 bits per heavy atom. The van der Waals surface area contributed by atoms with Gasteiger partial charge in [0.1, 0.15) is 11.6 Å². The molecule has 1 saturated carbocycles. The van der Waals surface area contributed by atoms with Crippen molar-refractivity contribution in [3.05, 3.63) is 47.7 Å². The van der Waals surface area contributed by atoms with E-state index in [0.29, 0.717) is 12.6 Å². The minimum absolute atomic E-state index is 0.0299. The van der Waals surface area contributed by atoms with E-state index in [0.717, 1.165) is 18.4 Å². The molecule has 1 N–H and O–H groups in total. The van der Waals surface area contributed by atoms with Gasteiger partial charge in [0.2, 0.25) is 0 Å². The highest BCUT2D eigenvalue weighted by Crippen LogP contribution is 2.18. The highest BCUT2D eigenvalue weighted by molar-refractivity contribution is 5.97. The van der Waals surface area contributed by atoms with Gasteiger partial charge in [-0.2, -0.15) is 5.26 Å². The molecule has 0 aliphatic heterocycles. The largest absolute Gasteiger partial charge is 0.387 e. The molecule has 1 fully saturated rings. The summed E-state index contributed by atoms with van der Waals surface area (Å²) in [7, 11) is 0. The summed E-state index contributed by atoms with van der Waals surface area (Å²) in [6.45, 7) is 4.48. The van der Waals surface area contributed by atoms with Crippen molar-refractivity contribution in [2.75, 3.05) is 0 Å². The number of rotatable bonds is 6. The second-order valence-electron chi connectivity index (χ2n) is 7.04. The Labute approximate surface area is 151 Å². The highest BCUT2D eigenvalue weighted by atomic mass is 16.2. The van der Waals surface area contributed by atoms with Gasteiger partial charge in [0.15, 0.2) is 0 Å². The first kappa shape index (κ1) is 19.1. The third-order valence-corrected chi connectivity index (χ3v) is 4.75. The van der Waals surface area contributed by atoms with Crippen molar-refractivity contribution in [3.63, 3.8) is 0 Å². The Morgan fingerprint density at radius 2 is 1.88 bits per heavy atom. The first-order chi connectivity index (χ1) is 12.1. The van der Waals surface area contributed by atoms with Gasteiger partial charge in [-0.15, -0.1) is 0 Å². The summed E-state index contributed by atoms with van der Waals surface area (Å²) in [6.07, 6.45) is 8.86. The molecule has 4 heteroatoms. The van der Waals surface area contributed by atoms with Crippen LogP contribution in [0.4, 0.5) is 0 Å². The van der Waals surface area contributed by atoms with Crippen molar-refractivity contribution in [3.8, 4) is 6.07 Å². The molecule has 0 heterocycles. The van der Waals surface area contributed by atoms with Gasteiger partial charge in [-0.1, -0.05) is 56.0 Å². The van der Waals surface area contributed by atoms with Crippen LogP contribution in [0.2, 0.25) is 0 Å². The molecular formula is C21H29N3O. The molecule has 0 unspecified atom stereocenters. The van der Waals surface area contributed by atoms with E-state index >= 15 is 0 Å². The molecule has 0 atom stereocenters. The highest BCUT2D eigenvalue weighted by Gasteiger charge is 2.22. The zero-order valence-electron chi connectivity index (χ0n) is 15.4. The van der Waals surface area contributed by atoms with Crippen molar-refractivity contribution < 1.29 is 4.79 Å². The zero-order chi connectivity index (χ0) is 18.1. The fourth-order valence-corrected chi connectivity index (χ4v) is 3.21. The van der Waals surface area contributed by atoms with Crippen LogP contribution in [0.25, 0.3) is 0 Å². The molecule has 4 nitrogen and oxygen atoms in total. The van der Waals surface area contributed by atoms with Crippen LogP contribution in [-0.4, -0.2) is 22.9 Å². The maximum atomic E-state index is 12.9. The van der Waals surface area contributed by atoms with Crippen LogP contribution in [-0.2, 0) is 11.3 Å². The average Bonchev–Trinajstić information content (AvgIpc) is 2.89. The van der Waals surface area contributed by atoms with Crippen molar-refractivity contribution in [2.45, 2.75) is 71.0 Å². The van der Waals surface area contributed by atoms with Gasteiger partial charge in [0.25, 0.3) is 5.91 Å². The molecule has 0 spiro atoms. The maximum absolute atomic E-state index is 12.9. The molecule has 0 aromatic heterocycles. The van der Waals surface area contributed by atoms with Gasteiger partial charge in [-0.25, -0.2) is 0 Å². The van der Waals surface area contributed by atoms with E-state index in [1.54, 1.807) is 11.1 Å². The molecule has 0 radical (unpaired) electrons. The topological polar surface area (TPSA) is 56.1 Å². The Kier molecular flexibility index (Phi) is 7.53. The number of hydrogen-bond acceptors (Lipinski definition) is 3. The fourth-order valence-electron chi connectivity index (χ4n) is 3.21. The van der Waals surface area contributed by atoms with Crippen molar-refractivity contribution in [1.82, 2.24) is 10.2 Å². The number of nitrogens with one attached hydrogen (secondary N) is 1. The lowest BCUT2D eigenvalue weighted by atomic mass is 10.1. The Morgan fingerprint density at radius 3 is 2.44 bits per heavy atom. The molecule has 0 saturated heterocycles. The lowest BCUT2D eigenvalue weighted by Crippen LogP contribution is -2.37. The third-order valence-electron chi connectivity index (χ3n) is 4.75. The number of nitriles is 1. The minimum atomic E-state index is -0.206. The Hall–Kier alpha value is -2.28. The number of hydrogen-bond donors (Lipinski definition) is 1. The van der Waals surface area contributed by atoms with Crippen molar-refractivity contribution in [2.24, 2.45) is 0 Å². The fraction of sp³-hybridized carbons (Fsp3) is 0.524. The SMILES string of the molecule is CC(C)N(Cc1ccccc1)C(=O)/C(C#N)=C\NC1CCCCCC1. The molecule has 1 aliphatic carbocycles. The number of nitrogens with zero attached hydrogens (tertiary/aromatic N) is 2. The summed E-state index contributed by atoms with van der Waals surface area (Å²) in [5, 5.41) is 12.8. The molecule has 134 valence electrons. The second-order valence-corrected chi connectivity index (χ2v) is 7.04. The number of carbonyl (C=O) groups excluding carboxylic acids is 1. The predicted molar refractivity (Wildman–Crippen MR) is 100 cm³/mol. The van der Waals surface area contributed by atoms with Gasteiger partial charge in [-0.3, -0.25) is 4.79 Å². The van der Waals surface area contributed by atoms with Gasteiger partial charge in [-0.05, 0) is 32.3 Å². The minimum Gasteiger partial charge on any atom is -0.387 e. The first-order valence-corrected chi connectivity index (χ1v) is 9.33. The van der Waals surface area contributed by atoms with Crippen molar-refractivity contribution in [1.29, 1.82) is 5.26 Å². The van der Waals surface area contributed by atoms with Crippen LogP contribution in [0.1, 0.15) is 57.9 Å². The van der Waals surface area contributed by atoms with E-state index in [-0.39, 0.29) is 17.5 Å².